The van der Waals surface area contributed by atoms with Crippen LogP contribution in [0.4, 0.5) is 5.69 Å². The van der Waals surface area contributed by atoms with E-state index >= 15 is 0 Å². The van der Waals surface area contributed by atoms with Crippen molar-refractivity contribution in [3.63, 3.8) is 0 Å². The van der Waals surface area contributed by atoms with Crippen molar-refractivity contribution in [2.45, 2.75) is 5.41 Å². The van der Waals surface area contributed by atoms with E-state index < -0.39 is 5.41 Å². The molecule has 0 fully saturated rings. The molecule has 1 heterocycles. The summed E-state index contributed by atoms with van der Waals surface area (Å²) in [6.07, 6.45) is 2.04. The Hall–Kier alpha value is -3.07. The Morgan fingerprint density at radius 2 is 1.20 bits per heavy atom. The van der Waals surface area contributed by atoms with E-state index in [1.807, 2.05) is 36.5 Å². The van der Waals surface area contributed by atoms with Crippen molar-refractivity contribution >= 4 is 11.9 Å². The van der Waals surface area contributed by atoms with Gasteiger partial charge in [0.1, 0.15) is 11.5 Å². The van der Waals surface area contributed by atoms with E-state index in [4.69, 9.17) is 14.5 Å². The molecule has 0 atom stereocenters. The lowest BCUT2D eigenvalue weighted by Crippen LogP contribution is -2.28. The molecular formula is C22H19NO2. The number of fused-ring (bicyclic) bond motifs is 1. The maximum atomic E-state index is 5.32. The first kappa shape index (κ1) is 15.5. The van der Waals surface area contributed by atoms with Crippen LogP contribution in [0.15, 0.2) is 77.8 Å². The van der Waals surface area contributed by atoms with Gasteiger partial charge in [-0.3, -0.25) is 4.99 Å². The fraction of sp³-hybridized carbons (Fsp3) is 0.136. The summed E-state index contributed by atoms with van der Waals surface area (Å²) in [4.78, 5) is 4.70. The van der Waals surface area contributed by atoms with Crippen LogP contribution in [0, 0.1) is 0 Å². The molecule has 0 radical (unpaired) electrons. The fourth-order valence-corrected chi connectivity index (χ4v) is 3.49. The van der Waals surface area contributed by atoms with E-state index in [-0.39, 0.29) is 0 Å². The summed E-state index contributed by atoms with van der Waals surface area (Å²) in [6.45, 7) is 0. The third kappa shape index (κ3) is 2.40. The van der Waals surface area contributed by atoms with Crippen LogP contribution in [0.25, 0.3) is 0 Å². The van der Waals surface area contributed by atoms with Crippen LogP contribution in [0.5, 0.6) is 11.5 Å². The quantitative estimate of drug-likeness (QED) is 0.691. The van der Waals surface area contributed by atoms with Crippen molar-refractivity contribution in [1.82, 2.24) is 0 Å². The summed E-state index contributed by atoms with van der Waals surface area (Å²) >= 11 is 0. The smallest absolute Gasteiger partial charge is 0.118 e. The molecule has 0 aromatic heterocycles. The molecule has 0 unspecified atom stereocenters. The molecule has 1 aliphatic heterocycles. The zero-order chi connectivity index (χ0) is 17.3. The van der Waals surface area contributed by atoms with Crippen molar-refractivity contribution in [2.75, 3.05) is 14.2 Å². The van der Waals surface area contributed by atoms with E-state index in [0.29, 0.717) is 0 Å². The first-order chi connectivity index (χ1) is 12.3. The number of para-hydroxylation sites is 1. The third-order valence-electron chi connectivity index (χ3n) is 4.82. The highest BCUT2D eigenvalue weighted by Gasteiger charge is 2.39. The zero-order valence-corrected chi connectivity index (χ0v) is 14.3. The number of benzene rings is 3. The predicted molar refractivity (Wildman–Crippen MR) is 100 cm³/mol. The van der Waals surface area contributed by atoms with Crippen LogP contribution < -0.4 is 9.47 Å². The van der Waals surface area contributed by atoms with E-state index in [2.05, 4.69) is 42.5 Å². The Labute approximate surface area is 147 Å². The Morgan fingerprint density at radius 3 is 1.72 bits per heavy atom. The Bertz CT molecular complexity index is 864. The van der Waals surface area contributed by atoms with Gasteiger partial charge in [0, 0.05) is 6.21 Å². The summed E-state index contributed by atoms with van der Waals surface area (Å²) in [5.41, 5.74) is 4.11. The lowest BCUT2D eigenvalue weighted by atomic mass is 9.71. The van der Waals surface area contributed by atoms with Gasteiger partial charge in [-0.15, -0.1) is 0 Å². The average Bonchev–Trinajstić information content (AvgIpc) is 3.09. The topological polar surface area (TPSA) is 30.8 Å². The average molecular weight is 329 g/mol. The maximum absolute atomic E-state index is 5.32. The number of rotatable bonds is 4. The second kappa shape index (κ2) is 6.10. The molecule has 0 aliphatic carbocycles. The minimum absolute atomic E-state index is 0.408. The Morgan fingerprint density at radius 1 is 0.680 bits per heavy atom. The van der Waals surface area contributed by atoms with Crippen LogP contribution in [-0.2, 0) is 5.41 Å². The molecule has 0 saturated carbocycles. The normalized spacial score (nSPS) is 14.2. The number of hydrogen-bond donors (Lipinski definition) is 0. The predicted octanol–water partition coefficient (Wildman–Crippen LogP) is 4.75. The van der Waals surface area contributed by atoms with Gasteiger partial charge in [-0.05, 0) is 47.0 Å². The van der Waals surface area contributed by atoms with Crippen molar-refractivity contribution in [1.29, 1.82) is 0 Å². The van der Waals surface area contributed by atoms with E-state index in [9.17, 15) is 0 Å². The van der Waals surface area contributed by atoms with Gasteiger partial charge in [0.2, 0.25) is 0 Å². The number of methoxy groups -OCH3 is 2. The van der Waals surface area contributed by atoms with Crippen molar-refractivity contribution in [3.8, 4) is 11.5 Å². The second-order valence-electron chi connectivity index (χ2n) is 6.04. The van der Waals surface area contributed by atoms with Crippen LogP contribution in [0.2, 0.25) is 0 Å². The van der Waals surface area contributed by atoms with Gasteiger partial charge in [0.15, 0.2) is 0 Å². The first-order valence-electron chi connectivity index (χ1n) is 8.22. The van der Waals surface area contributed by atoms with Crippen molar-refractivity contribution < 1.29 is 9.47 Å². The molecule has 4 rings (SSSR count). The lowest BCUT2D eigenvalue weighted by Gasteiger charge is -2.29. The highest BCUT2D eigenvalue weighted by molar-refractivity contribution is 5.93. The van der Waals surface area contributed by atoms with Crippen LogP contribution >= 0.6 is 0 Å². The highest BCUT2D eigenvalue weighted by atomic mass is 16.5. The van der Waals surface area contributed by atoms with Gasteiger partial charge in [-0.25, -0.2) is 0 Å². The second-order valence-corrected chi connectivity index (χ2v) is 6.04. The fourth-order valence-electron chi connectivity index (χ4n) is 3.49. The maximum Gasteiger partial charge on any atom is 0.118 e. The SMILES string of the molecule is COc1ccc(C2(c3ccc(OC)cc3)C=Nc3ccccc32)cc1. The van der Waals surface area contributed by atoms with E-state index in [0.717, 1.165) is 28.3 Å². The molecule has 3 heteroatoms. The van der Waals surface area contributed by atoms with E-state index in [1.165, 1.54) is 5.56 Å². The van der Waals surface area contributed by atoms with Crippen LogP contribution in [-0.4, -0.2) is 20.4 Å². The molecule has 0 saturated heterocycles. The third-order valence-corrected chi connectivity index (χ3v) is 4.82. The zero-order valence-electron chi connectivity index (χ0n) is 14.3. The van der Waals surface area contributed by atoms with Crippen molar-refractivity contribution in [3.05, 3.63) is 89.5 Å². The van der Waals surface area contributed by atoms with Gasteiger partial charge < -0.3 is 9.47 Å². The minimum Gasteiger partial charge on any atom is -0.497 e. The summed E-state index contributed by atoms with van der Waals surface area (Å²) in [5.74, 6) is 1.69. The lowest BCUT2D eigenvalue weighted by molar-refractivity contribution is 0.414. The molecule has 3 aromatic rings. The Balaban J connectivity index is 1.94. The monoisotopic (exact) mass is 329 g/mol. The first-order valence-corrected chi connectivity index (χ1v) is 8.22. The number of aliphatic imine (C=N–C) groups is 1. The van der Waals surface area contributed by atoms with Crippen LogP contribution in [0.3, 0.4) is 0 Å². The molecule has 1 aliphatic rings. The van der Waals surface area contributed by atoms with Gasteiger partial charge in [-0.1, -0.05) is 42.5 Å². The van der Waals surface area contributed by atoms with Gasteiger partial charge >= 0.3 is 0 Å². The molecule has 0 bridgehead atoms. The summed E-state index contributed by atoms with van der Waals surface area (Å²) < 4.78 is 10.6. The highest BCUT2D eigenvalue weighted by Crippen LogP contribution is 2.46. The van der Waals surface area contributed by atoms with Gasteiger partial charge in [0.05, 0.1) is 25.3 Å². The number of ether oxygens (including phenoxy) is 2. The van der Waals surface area contributed by atoms with Gasteiger partial charge in [0.25, 0.3) is 0 Å². The number of nitrogens with zero attached hydrogens (tertiary/aromatic N) is 1. The standard InChI is InChI=1S/C22H19NO2/c1-24-18-11-7-16(8-12-18)22(17-9-13-19(25-2)14-10-17)15-23-21-6-4-3-5-20(21)22/h3-15H,1-2H3. The molecule has 124 valence electrons. The molecule has 0 amide bonds. The largest absolute Gasteiger partial charge is 0.497 e. The van der Waals surface area contributed by atoms with Gasteiger partial charge in [-0.2, -0.15) is 0 Å². The molecule has 3 nitrogen and oxygen atoms in total. The minimum atomic E-state index is -0.408. The van der Waals surface area contributed by atoms with Crippen molar-refractivity contribution in [2.24, 2.45) is 4.99 Å². The molecule has 3 aromatic carbocycles. The summed E-state index contributed by atoms with van der Waals surface area (Å²) in [5, 5.41) is 0. The summed E-state index contributed by atoms with van der Waals surface area (Å²) in [6, 6.07) is 24.7. The van der Waals surface area contributed by atoms with Crippen LogP contribution in [0.1, 0.15) is 16.7 Å². The number of hydrogen-bond acceptors (Lipinski definition) is 3. The Kier molecular flexibility index (Phi) is 3.77. The van der Waals surface area contributed by atoms with E-state index in [1.54, 1.807) is 14.2 Å². The molecular weight excluding hydrogens is 310 g/mol. The molecule has 25 heavy (non-hydrogen) atoms. The molecule has 0 N–H and O–H groups in total. The molecule has 0 spiro atoms. The summed E-state index contributed by atoms with van der Waals surface area (Å²) in [7, 11) is 3.36.